The molecule has 2 bridgehead atoms. The number of methoxy groups -OCH3 is 1. The van der Waals surface area contributed by atoms with Gasteiger partial charge in [0.1, 0.15) is 24.0 Å². The lowest BCUT2D eigenvalue weighted by Gasteiger charge is -2.62. The SMILES string of the molecule is COc1c(CN2O[C@@H](CO)[C@@H](O)[C@H]2C(=O)N[C@H]2C[C@H]3C[C@@H]([C@@H]2C)C3(C)C)cccc1-c1cc(C(=O)N2[C@H](CN(C)C)CC[C@@H]2c2ccccc2)cc(N(C)C)c1. The van der Waals surface area contributed by atoms with Crippen LogP contribution in [-0.2, 0) is 16.2 Å². The summed E-state index contributed by atoms with van der Waals surface area (Å²) in [5.41, 5.74) is 5.22. The Balaban J connectivity index is 1.19. The molecule has 0 spiro atoms. The number of para-hydroxylation sites is 1. The molecular formula is C45H61N5O6. The number of benzene rings is 3. The van der Waals surface area contributed by atoms with E-state index in [1.54, 1.807) is 7.11 Å². The average molecular weight is 768 g/mol. The van der Waals surface area contributed by atoms with Crippen molar-refractivity contribution in [2.24, 2.45) is 23.2 Å². The monoisotopic (exact) mass is 767 g/mol. The van der Waals surface area contributed by atoms with Crippen LogP contribution in [0.5, 0.6) is 5.75 Å². The standard InChI is InChI=1S/C45H61N5O6/c1-27-36-22-32(45(36,2)3)23-37(27)46-43(53)40-41(52)39(26-51)56-49(40)24-29-15-12-16-35(42(29)55-8)30-19-31(21-34(20-30)48(6)7)44(54)50-33(25-47(4)5)17-18-38(50)28-13-10-9-11-14-28/h9-16,19-21,27,32-33,36-41,51-52H,17-18,22-26H2,1-8H3,(H,46,53)/t27-,32+,33-,36-,37-,38+,39-,40-,41+/m0/s1. The zero-order valence-corrected chi connectivity index (χ0v) is 34.3. The van der Waals surface area contributed by atoms with E-state index in [9.17, 15) is 19.8 Å². The first kappa shape index (κ1) is 40.2. The van der Waals surface area contributed by atoms with E-state index in [2.05, 4.69) is 68.2 Å². The van der Waals surface area contributed by atoms with Crippen molar-refractivity contribution in [1.82, 2.24) is 20.2 Å². The number of fused-ring (bicyclic) bond motifs is 2. The predicted octanol–water partition coefficient (Wildman–Crippen LogP) is 5.36. The molecule has 302 valence electrons. The minimum Gasteiger partial charge on any atom is -0.496 e. The molecule has 2 aliphatic heterocycles. The van der Waals surface area contributed by atoms with Crippen LogP contribution in [0.25, 0.3) is 11.1 Å². The fourth-order valence-electron chi connectivity index (χ4n) is 10.3. The number of carbonyl (C=O) groups excluding carboxylic acids is 2. The van der Waals surface area contributed by atoms with Crippen molar-refractivity contribution >= 4 is 17.5 Å². The maximum atomic E-state index is 14.8. The van der Waals surface area contributed by atoms with Gasteiger partial charge in [0.25, 0.3) is 5.91 Å². The summed E-state index contributed by atoms with van der Waals surface area (Å²) in [4.78, 5) is 41.1. The molecule has 5 aliphatic rings. The summed E-state index contributed by atoms with van der Waals surface area (Å²) in [6.45, 7) is 7.35. The minimum atomic E-state index is -1.22. The molecular weight excluding hydrogens is 707 g/mol. The highest BCUT2D eigenvalue weighted by Crippen LogP contribution is 2.61. The molecule has 56 heavy (non-hydrogen) atoms. The minimum absolute atomic E-state index is 0.0141. The topological polar surface area (TPSA) is 118 Å². The second-order valence-corrected chi connectivity index (χ2v) is 17.7. The number of hydroxylamine groups is 2. The molecule has 0 unspecified atom stereocenters. The van der Waals surface area contributed by atoms with Crippen LogP contribution < -0.4 is 15.0 Å². The summed E-state index contributed by atoms with van der Waals surface area (Å²) in [5.74, 6) is 1.69. The van der Waals surface area contributed by atoms with Gasteiger partial charge in [0.2, 0.25) is 5.91 Å². The number of anilines is 1. The fraction of sp³-hybridized carbons (Fsp3) is 0.556. The van der Waals surface area contributed by atoms with Crippen LogP contribution in [0.4, 0.5) is 5.69 Å². The van der Waals surface area contributed by atoms with Crippen molar-refractivity contribution in [1.29, 1.82) is 0 Å². The van der Waals surface area contributed by atoms with Crippen LogP contribution >= 0.6 is 0 Å². The summed E-state index contributed by atoms with van der Waals surface area (Å²) in [6, 6.07) is 21.1. The molecule has 3 N–H and O–H groups in total. The van der Waals surface area contributed by atoms with Crippen LogP contribution in [-0.4, -0.2) is 116 Å². The largest absolute Gasteiger partial charge is 0.496 e. The lowest BCUT2D eigenvalue weighted by atomic mass is 9.45. The van der Waals surface area contributed by atoms with Gasteiger partial charge in [-0.3, -0.25) is 14.4 Å². The molecule has 2 amide bonds. The lowest BCUT2D eigenvalue weighted by molar-refractivity contribution is -0.183. The second kappa shape index (κ2) is 16.1. The molecule has 2 heterocycles. The molecule has 11 heteroatoms. The lowest BCUT2D eigenvalue weighted by Crippen LogP contribution is -2.62. The second-order valence-electron chi connectivity index (χ2n) is 17.7. The fourth-order valence-corrected chi connectivity index (χ4v) is 10.3. The van der Waals surface area contributed by atoms with Crippen LogP contribution in [0.3, 0.4) is 0 Å². The number of likely N-dealkylation sites (N-methyl/N-ethyl adjacent to an activating group) is 1. The van der Waals surface area contributed by atoms with E-state index in [0.29, 0.717) is 29.1 Å². The summed E-state index contributed by atoms with van der Waals surface area (Å²) < 4.78 is 6.12. The van der Waals surface area contributed by atoms with Crippen LogP contribution in [0, 0.1) is 23.2 Å². The number of hydrogen-bond acceptors (Lipinski definition) is 9. The first-order chi connectivity index (χ1) is 26.7. The molecule has 3 saturated carbocycles. The van der Waals surface area contributed by atoms with E-state index in [0.717, 1.165) is 53.7 Å². The Hall–Kier alpha value is -4.00. The van der Waals surface area contributed by atoms with Gasteiger partial charge in [0.05, 0.1) is 26.3 Å². The number of ether oxygens (including phenoxy) is 1. The highest BCUT2D eigenvalue weighted by Gasteiger charge is 2.57. The molecule has 2 saturated heterocycles. The molecule has 3 aromatic carbocycles. The number of amides is 2. The highest BCUT2D eigenvalue weighted by molar-refractivity contribution is 5.98. The molecule has 3 aromatic rings. The van der Waals surface area contributed by atoms with E-state index >= 15 is 0 Å². The summed E-state index contributed by atoms with van der Waals surface area (Å²) in [5, 5.41) is 26.2. The zero-order valence-electron chi connectivity index (χ0n) is 34.3. The molecule has 0 aromatic heterocycles. The molecule has 11 nitrogen and oxygen atoms in total. The molecule has 8 rings (SSSR count). The van der Waals surface area contributed by atoms with Gasteiger partial charge in [0, 0.05) is 55.1 Å². The third-order valence-corrected chi connectivity index (χ3v) is 13.5. The van der Waals surface area contributed by atoms with Crippen molar-refractivity contribution in [3.8, 4) is 16.9 Å². The van der Waals surface area contributed by atoms with Gasteiger partial charge in [-0.1, -0.05) is 69.3 Å². The Morgan fingerprint density at radius 1 is 1.00 bits per heavy atom. The van der Waals surface area contributed by atoms with Gasteiger partial charge in [-0.05, 0) is 92.3 Å². The number of carbonyl (C=O) groups is 2. The van der Waals surface area contributed by atoms with E-state index in [4.69, 9.17) is 9.57 Å². The molecule has 5 fully saturated rings. The number of likely N-dealkylation sites (tertiary alicyclic amines) is 1. The Morgan fingerprint density at radius 3 is 2.39 bits per heavy atom. The van der Waals surface area contributed by atoms with Crippen molar-refractivity contribution in [2.75, 3.05) is 53.4 Å². The van der Waals surface area contributed by atoms with Crippen LogP contribution in [0.1, 0.15) is 74.0 Å². The number of nitrogens with zero attached hydrogens (tertiary/aromatic N) is 4. The van der Waals surface area contributed by atoms with Crippen molar-refractivity contribution in [3.63, 3.8) is 0 Å². The van der Waals surface area contributed by atoms with Crippen molar-refractivity contribution in [2.45, 2.75) is 89.4 Å². The maximum absolute atomic E-state index is 14.8. The Labute approximate surface area is 332 Å². The van der Waals surface area contributed by atoms with Crippen LogP contribution in [0.2, 0.25) is 0 Å². The first-order valence-electron chi connectivity index (χ1n) is 20.3. The zero-order chi connectivity index (χ0) is 40.1. The number of rotatable bonds is 12. The summed E-state index contributed by atoms with van der Waals surface area (Å²) in [7, 11) is 9.65. The molecule has 9 atom stereocenters. The van der Waals surface area contributed by atoms with Gasteiger partial charge in [-0.25, -0.2) is 0 Å². The Morgan fingerprint density at radius 2 is 1.75 bits per heavy atom. The van der Waals surface area contributed by atoms with Crippen molar-refractivity contribution < 1.29 is 29.4 Å². The van der Waals surface area contributed by atoms with Gasteiger partial charge in [-0.2, -0.15) is 5.06 Å². The van der Waals surface area contributed by atoms with Gasteiger partial charge < -0.3 is 35.0 Å². The molecule has 0 radical (unpaired) electrons. The van der Waals surface area contributed by atoms with Gasteiger partial charge in [0.15, 0.2) is 0 Å². The van der Waals surface area contributed by atoms with Crippen molar-refractivity contribution in [3.05, 3.63) is 83.4 Å². The average Bonchev–Trinajstić information content (AvgIpc) is 3.74. The quantitative estimate of drug-likeness (QED) is 0.224. The highest BCUT2D eigenvalue weighted by atomic mass is 16.7. The van der Waals surface area contributed by atoms with E-state index < -0.39 is 24.9 Å². The van der Waals surface area contributed by atoms with E-state index in [1.165, 1.54) is 11.5 Å². The Kier molecular flexibility index (Phi) is 11.6. The molecule has 3 aliphatic carbocycles. The third-order valence-electron chi connectivity index (χ3n) is 13.5. The van der Waals surface area contributed by atoms with Gasteiger partial charge >= 0.3 is 0 Å². The summed E-state index contributed by atoms with van der Waals surface area (Å²) in [6.07, 6.45) is 1.76. The first-order valence-corrected chi connectivity index (χ1v) is 20.3. The number of hydrogen-bond donors (Lipinski definition) is 3. The predicted molar refractivity (Wildman–Crippen MR) is 218 cm³/mol. The maximum Gasteiger partial charge on any atom is 0.254 e. The summed E-state index contributed by atoms with van der Waals surface area (Å²) >= 11 is 0. The smallest absolute Gasteiger partial charge is 0.254 e. The number of aliphatic hydroxyl groups is 2. The number of nitrogens with one attached hydrogen (secondary N) is 1. The normalized spacial score (nSPS) is 29.6. The Bertz CT molecular complexity index is 1890. The van der Waals surface area contributed by atoms with E-state index in [1.807, 2.05) is 67.5 Å². The number of aliphatic hydroxyl groups excluding tert-OH is 2. The van der Waals surface area contributed by atoms with Gasteiger partial charge in [-0.15, -0.1) is 0 Å². The third kappa shape index (κ3) is 7.44. The van der Waals surface area contributed by atoms with E-state index in [-0.39, 0.29) is 41.9 Å². The van der Waals surface area contributed by atoms with Crippen LogP contribution in [0.15, 0.2) is 66.7 Å².